The zero-order chi connectivity index (χ0) is 34.0. The first-order valence-corrected chi connectivity index (χ1v) is 17.2. The van der Waals surface area contributed by atoms with Crippen LogP contribution in [0.25, 0.3) is 22.1 Å². The van der Waals surface area contributed by atoms with Crippen molar-refractivity contribution in [3.8, 4) is 0 Å². The predicted molar refractivity (Wildman–Crippen MR) is 154 cm³/mol. The molecule has 0 amide bonds. The van der Waals surface area contributed by atoms with Gasteiger partial charge in [0.1, 0.15) is 43.4 Å². The topological polar surface area (TPSA) is 234 Å². The van der Waals surface area contributed by atoms with Crippen molar-refractivity contribution in [2.45, 2.75) is 55.6 Å². The third-order valence-electron chi connectivity index (χ3n) is 7.90. The van der Waals surface area contributed by atoms with Crippen LogP contribution in [-0.4, -0.2) is 90.4 Å². The van der Waals surface area contributed by atoms with E-state index < -0.39 is 90.2 Å². The number of nitrogen functional groups attached to an aromatic ring is 1. The Morgan fingerprint density at radius 1 is 1.02 bits per heavy atom. The number of benzene rings is 1. The van der Waals surface area contributed by atoms with Crippen molar-refractivity contribution in [1.82, 2.24) is 24.1 Å². The van der Waals surface area contributed by atoms with Crippen molar-refractivity contribution in [2.75, 3.05) is 25.6 Å². The lowest BCUT2D eigenvalue weighted by Gasteiger charge is -2.27. The number of rotatable bonds is 4. The molecular formula is C25H27F3N6O12P2. The van der Waals surface area contributed by atoms with Gasteiger partial charge in [-0.15, -0.1) is 0 Å². The Labute approximate surface area is 266 Å². The number of nitrogens with two attached hydrogens (primary N) is 1. The lowest BCUT2D eigenvalue weighted by atomic mass is 10.1. The molecule has 2 bridgehead atoms. The van der Waals surface area contributed by atoms with E-state index in [4.69, 9.17) is 38.0 Å². The zero-order valence-corrected chi connectivity index (χ0v) is 26.1. The molecule has 6 heterocycles. The number of aromatic nitrogens is 5. The van der Waals surface area contributed by atoms with Crippen molar-refractivity contribution in [2.24, 2.45) is 0 Å². The number of phosphoric acid groups is 2. The van der Waals surface area contributed by atoms with Crippen LogP contribution in [0.1, 0.15) is 18.9 Å². The molecule has 3 fully saturated rings. The van der Waals surface area contributed by atoms with Crippen molar-refractivity contribution in [3.05, 3.63) is 53.2 Å². The van der Waals surface area contributed by atoms with Gasteiger partial charge in [-0.05, 0) is 17.5 Å². The van der Waals surface area contributed by atoms with E-state index in [2.05, 4.69) is 15.0 Å². The second-order valence-corrected chi connectivity index (χ2v) is 13.9. The summed E-state index contributed by atoms with van der Waals surface area (Å²) in [7, 11) is -10.2. The summed E-state index contributed by atoms with van der Waals surface area (Å²) in [6, 6.07) is 9.17. The summed E-state index contributed by atoms with van der Waals surface area (Å²) in [4.78, 5) is 44.1. The van der Waals surface area contributed by atoms with Gasteiger partial charge in [0.25, 0.3) is 5.56 Å². The van der Waals surface area contributed by atoms with Crippen LogP contribution in [0.15, 0.2) is 47.7 Å². The quantitative estimate of drug-likeness (QED) is 0.222. The minimum Gasteiger partial charge on any atom is -0.369 e. The maximum Gasteiger partial charge on any atom is 0.472 e. The number of ether oxygens (including phenoxy) is 3. The molecule has 3 saturated heterocycles. The molecule has 5 N–H and O–H groups in total. The largest absolute Gasteiger partial charge is 0.472 e. The van der Waals surface area contributed by atoms with Gasteiger partial charge in [-0.3, -0.25) is 32.4 Å². The van der Waals surface area contributed by atoms with Crippen LogP contribution in [0.3, 0.4) is 0 Å². The van der Waals surface area contributed by atoms with Crippen molar-refractivity contribution in [3.63, 3.8) is 0 Å². The Hall–Kier alpha value is -3.20. The first-order chi connectivity index (χ1) is 22.7. The number of hydrogen-bond acceptors (Lipinski definition) is 13. The Kier molecular flexibility index (Phi) is 8.53. The van der Waals surface area contributed by atoms with Gasteiger partial charge in [0, 0.05) is 12.6 Å². The van der Waals surface area contributed by atoms with Gasteiger partial charge in [0.15, 0.2) is 17.4 Å². The lowest BCUT2D eigenvalue weighted by molar-refractivity contribution is -0.196. The summed E-state index contributed by atoms with van der Waals surface area (Å²) in [6.07, 6.45) is -12.5. The minimum atomic E-state index is -5.22. The van der Waals surface area contributed by atoms with Crippen LogP contribution in [0.2, 0.25) is 0 Å². The lowest BCUT2D eigenvalue weighted by Crippen LogP contribution is -2.40. The number of hydrogen-bond donors (Lipinski definition) is 4. The van der Waals surface area contributed by atoms with E-state index >= 15 is 0 Å². The second-order valence-electron chi connectivity index (χ2n) is 11.1. The molecule has 0 spiro atoms. The van der Waals surface area contributed by atoms with Gasteiger partial charge in [0.2, 0.25) is 5.95 Å². The molecule has 3 aromatic heterocycles. The standard InChI is InChI=1S/C25H27F3N6O12P2/c26-25(27,28)10-40-19-16-9-42-47(36,37)45-14-7-17(33-6-5-12-3-1-2-4-13(12)33)43-15(14)8-41-48(38,39)46-20(19)23(44-16)34-11-30-18-21(34)31-24(29)32-22(18)35/h1-6,11,14-17,19-20,23H,7-10H2,(H,36,37)(H,38,39)(H3,29,31,32,35)/t14-,15?,16?,17-,19?,20?,23?/m1/s1. The van der Waals surface area contributed by atoms with Crippen LogP contribution in [0, 0.1) is 0 Å². The molecule has 48 heavy (non-hydrogen) atoms. The van der Waals surface area contributed by atoms with Gasteiger partial charge >= 0.3 is 21.8 Å². The summed E-state index contributed by atoms with van der Waals surface area (Å²) < 4.78 is 108. The number of fused-ring (bicyclic) bond motifs is 5. The molecular weight excluding hydrogens is 695 g/mol. The number of phosphoric ester groups is 2. The highest BCUT2D eigenvalue weighted by Gasteiger charge is 2.54. The van der Waals surface area contributed by atoms with Crippen molar-refractivity contribution in [1.29, 1.82) is 0 Å². The zero-order valence-electron chi connectivity index (χ0n) is 24.3. The smallest absolute Gasteiger partial charge is 0.369 e. The van der Waals surface area contributed by atoms with E-state index in [9.17, 15) is 36.9 Å². The van der Waals surface area contributed by atoms with Crippen LogP contribution in [-0.2, 0) is 41.4 Å². The number of H-pyrrole nitrogens is 1. The van der Waals surface area contributed by atoms with Gasteiger partial charge in [0.05, 0.1) is 25.1 Å². The molecule has 0 radical (unpaired) electrons. The Morgan fingerprint density at radius 3 is 2.52 bits per heavy atom. The number of imidazole rings is 1. The monoisotopic (exact) mass is 722 g/mol. The molecule has 9 atom stereocenters. The number of alkyl halides is 3. The van der Waals surface area contributed by atoms with E-state index in [1.807, 2.05) is 24.3 Å². The molecule has 0 saturated carbocycles. The molecule has 7 rings (SSSR count). The number of halogens is 3. The summed E-state index contributed by atoms with van der Waals surface area (Å²) in [5.74, 6) is -0.358. The third kappa shape index (κ3) is 6.68. The highest BCUT2D eigenvalue weighted by Crippen LogP contribution is 2.54. The Bertz CT molecular complexity index is 1990. The maximum absolute atomic E-state index is 13.4. The minimum absolute atomic E-state index is 0.0257. The molecule has 260 valence electrons. The fraction of sp³-hybridized carbons (Fsp3) is 0.480. The average Bonchev–Trinajstić information content (AvgIpc) is 3.77. The summed E-state index contributed by atoms with van der Waals surface area (Å²) in [5, 5.41) is 0.880. The highest BCUT2D eigenvalue weighted by atomic mass is 31.2. The Balaban J connectivity index is 1.22. The van der Waals surface area contributed by atoms with Crippen LogP contribution in [0.4, 0.5) is 19.1 Å². The highest BCUT2D eigenvalue weighted by molar-refractivity contribution is 7.47. The van der Waals surface area contributed by atoms with E-state index in [0.717, 1.165) is 21.8 Å². The van der Waals surface area contributed by atoms with E-state index in [1.165, 1.54) is 0 Å². The first kappa shape index (κ1) is 33.3. The number of aromatic amines is 1. The maximum atomic E-state index is 13.4. The van der Waals surface area contributed by atoms with E-state index in [1.54, 1.807) is 16.8 Å². The molecule has 4 aromatic rings. The van der Waals surface area contributed by atoms with E-state index in [-0.39, 0.29) is 23.5 Å². The van der Waals surface area contributed by atoms with Gasteiger partial charge in [-0.25, -0.2) is 14.1 Å². The second kappa shape index (κ2) is 12.3. The molecule has 18 nitrogen and oxygen atoms in total. The third-order valence-corrected chi connectivity index (χ3v) is 9.90. The molecule has 1 aromatic carbocycles. The van der Waals surface area contributed by atoms with Crippen LogP contribution >= 0.6 is 15.6 Å². The molecule has 23 heteroatoms. The summed E-state index contributed by atoms with van der Waals surface area (Å²) >= 11 is 0. The van der Waals surface area contributed by atoms with Crippen molar-refractivity contribution < 1.29 is 64.4 Å². The Morgan fingerprint density at radius 2 is 1.75 bits per heavy atom. The average molecular weight is 722 g/mol. The first-order valence-electron chi connectivity index (χ1n) is 14.2. The van der Waals surface area contributed by atoms with Crippen LogP contribution in [0.5, 0.6) is 0 Å². The predicted octanol–water partition coefficient (Wildman–Crippen LogP) is 2.51. The van der Waals surface area contributed by atoms with E-state index in [0.29, 0.717) is 0 Å². The van der Waals surface area contributed by atoms with Crippen LogP contribution < -0.4 is 11.3 Å². The molecule has 7 unspecified atom stereocenters. The summed E-state index contributed by atoms with van der Waals surface area (Å²) in [6.45, 7) is -3.53. The SMILES string of the molecule is Nc1nc2c(ncn2C2OC3COP(=O)(O)O[C@@H]4C[C@H](n5ccc6ccccc65)OC4COP(=O)(O)OC2C3OCC(F)(F)F)c(=O)[nH]1. The number of anilines is 1. The van der Waals surface area contributed by atoms with Gasteiger partial charge < -0.3 is 34.3 Å². The molecule has 3 aliphatic heterocycles. The fourth-order valence-electron chi connectivity index (χ4n) is 5.91. The number of para-hydroxylation sites is 1. The molecule has 0 aliphatic carbocycles. The van der Waals surface area contributed by atoms with Crippen molar-refractivity contribution >= 4 is 43.7 Å². The van der Waals surface area contributed by atoms with Gasteiger partial charge in [-0.1, -0.05) is 18.2 Å². The molecule has 3 aliphatic rings. The van der Waals surface area contributed by atoms with Gasteiger partial charge in [-0.2, -0.15) is 18.2 Å². The summed E-state index contributed by atoms with van der Waals surface area (Å²) in [5.41, 5.74) is 5.16. The fourth-order valence-corrected chi connectivity index (χ4v) is 7.80. The normalized spacial score (nSPS) is 34.9. The number of nitrogens with one attached hydrogen (secondary N) is 1. The number of nitrogens with zero attached hydrogens (tertiary/aromatic N) is 4.